The van der Waals surface area contributed by atoms with Crippen LogP contribution in [-0.4, -0.2) is 22.7 Å². The van der Waals surface area contributed by atoms with Crippen LogP contribution in [0.2, 0.25) is 10.0 Å². The Balaban J connectivity index is 2.25. The van der Waals surface area contributed by atoms with Gasteiger partial charge in [-0.25, -0.2) is 0 Å². The fraction of sp³-hybridized carbons (Fsp3) is 0.381. The van der Waals surface area contributed by atoms with Crippen LogP contribution in [0.15, 0.2) is 30.5 Å². The first-order valence-electron chi connectivity index (χ1n) is 9.35. The molecule has 1 aromatic heterocycles. The summed E-state index contributed by atoms with van der Waals surface area (Å²) in [6.45, 7) is 5.42. The van der Waals surface area contributed by atoms with Gasteiger partial charge in [-0.3, -0.25) is 14.6 Å². The molecule has 0 saturated carbocycles. The smallest absolute Gasteiger partial charge is 0.218 e. The highest BCUT2D eigenvalue weighted by Crippen LogP contribution is 2.41. The minimum Gasteiger partial charge on any atom is -0.453 e. The lowest BCUT2D eigenvalue weighted by Crippen LogP contribution is -2.34. The summed E-state index contributed by atoms with van der Waals surface area (Å²) in [6.07, 6.45) is 2.77. The van der Waals surface area contributed by atoms with Crippen LogP contribution in [0.5, 0.6) is 11.5 Å². The number of halogens is 2. The maximum Gasteiger partial charge on any atom is 0.218 e. The molecule has 0 aliphatic heterocycles. The van der Waals surface area contributed by atoms with Crippen molar-refractivity contribution < 1.29 is 14.3 Å². The summed E-state index contributed by atoms with van der Waals surface area (Å²) in [6, 6.07) is 6.79. The van der Waals surface area contributed by atoms with Crippen molar-refractivity contribution in [1.29, 1.82) is 0 Å². The summed E-state index contributed by atoms with van der Waals surface area (Å²) in [5.74, 6) is 0.455. The van der Waals surface area contributed by atoms with E-state index in [4.69, 9.17) is 33.7 Å². The normalized spacial score (nSPS) is 13.0. The Morgan fingerprint density at radius 1 is 1.24 bits per heavy atom. The van der Waals surface area contributed by atoms with Gasteiger partial charge in [-0.1, -0.05) is 36.2 Å². The summed E-state index contributed by atoms with van der Waals surface area (Å²) in [5, 5.41) is 4.12. The van der Waals surface area contributed by atoms with Crippen molar-refractivity contribution in [3.8, 4) is 11.5 Å². The molecular weight excluding hydrogens is 413 g/mol. The average molecular weight is 438 g/mol. The molecule has 1 aromatic carbocycles. The third-order valence-electron chi connectivity index (χ3n) is 4.30. The van der Waals surface area contributed by atoms with Crippen LogP contribution >= 0.6 is 23.2 Å². The Labute approximate surface area is 180 Å². The number of nitrogens with two attached hydrogens (primary N) is 1. The number of nitrogens with zero attached hydrogens (tertiary/aromatic N) is 1. The van der Waals surface area contributed by atoms with Crippen molar-refractivity contribution in [2.45, 2.75) is 52.1 Å². The predicted octanol–water partition coefficient (Wildman–Crippen LogP) is 4.62. The maximum atomic E-state index is 11.2. The van der Waals surface area contributed by atoms with Gasteiger partial charge in [0.25, 0.3) is 0 Å². The van der Waals surface area contributed by atoms with Crippen LogP contribution in [0.4, 0.5) is 0 Å². The highest BCUT2D eigenvalue weighted by atomic mass is 35.5. The number of ketones is 1. The molecule has 6 nitrogen and oxygen atoms in total. The molecule has 0 aliphatic rings. The van der Waals surface area contributed by atoms with Gasteiger partial charge in [0.15, 0.2) is 5.75 Å². The Bertz CT molecular complexity index is 872. The molecule has 29 heavy (non-hydrogen) atoms. The lowest BCUT2D eigenvalue weighted by atomic mass is 10.0. The van der Waals surface area contributed by atoms with E-state index in [-0.39, 0.29) is 36.6 Å². The van der Waals surface area contributed by atoms with Gasteiger partial charge in [0.2, 0.25) is 5.91 Å². The number of Topliss-reactive ketones (excluding diaryl/α,β-unsaturated/α-hetero) is 1. The second kappa shape index (κ2) is 10.6. The lowest BCUT2D eigenvalue weighted by molar-refractivity contribution is -0.118. The van der Waals surface area contributed by atoms with Crippen molar-refractivity contribution >= 4 is 34.9 Å². The molecule has 2 atom stereocenters. The molecular formula is C21H25Cl2N3O3. The zero-order valence-electron chi connectivity index (χ0n) is 16.7. The number of hydrogen-bond acceptors (Lipinski definition) is 5. The largest absolute Gasteiger partial charge is 0.453 e. The third kappa shape index (κ3) is 6.70. The first-order chi connectivity index (χ1) is 13.7. The van der Waals surface area contributed by atoms with Gasteiger partial charge in [0.05, 0.1) is 16.2 Å². The third-order valence-corrected chi connectivity index (χ3v) is 4.99. The molecule has 0 radical (unpaired) electrons. The summed E-state index contributed by atoms with van der Waals surface area (Å²) < 4.78 is 5.89. The first-order valence-corrected chi connectivity index (χ1v) is 10.1. The summed E-state index contributed by atoms with van der Waals surface area (Å²) in [5.41, 5.74) is 6.75. The minimum absolute atomic E-state index is 0.0358. The van der Waals surface area contributed by atoms with E-state index in [1.54, 1.807) is 18.2 Å². The molecule has 1 amide bonds. The van der Waals surface area contributed by atoms with E-state index in [1.165, 1.54) is 13.1 Å². The molecule has 8 heteroatoms. The quantitative estimate of drug-likeness (QED) is 0.565. The van der Waals surface area contributed by atoms with Gasteiger partial charge in [-0.2, -0.15) is 0 Å². The molecule has 2 rings (SSSR count). The number of hydrogen-bond donors (Lipinski definition) is 2. The van der Waals surface area contributed by atoms with Gasteiger partial charge in [0, 0.05) is 30.6 Å². The van der Waals surface area contributed by atoms with Crippen LogP contribution < -0.4 is 15.8 Å². The van der Waals surface area contributed by atoms with E-state index in [0.29, 0.717) is 27.2 Å². The molecule has 3 N–H and O–H groups in total. The van der Waals surface area contributed by atoms with E-state index < -0.39 is 0 Å². The van der Waals surface area contributed by atoms with E-state index in [0.717, 1.165) is 12.0 Å². The van der Waals surface area contributed by atoms with Crippen LogP contribution in [0.25, 0.3) is 0 Å². The van der Waals surface area contributed by atoms with Crippen molar-refractivity contribution in [2.75, 3.05) is 0 Å². The highest BCUT2D eigenvalue weighted by molar-refractivity contribution is 6.37. The van der Waals surface area contributed by atoms with E-state index in [9.17, 15) is 9.59 Å². The number of carbonyl (C=O) groups is 2. The molecule has 0 fully saturated rings. The second-order valence-corrected chi connectivity index (χ2v) is 7.73. The molecule has 1 heterocycles. The number of benzene rings is 1. The molecule has 0 bridgehead atoms. The zero-order chi connectivity index (χ0) is 21.6. The fourth-order valence-corrected chi connectivity index (χ4v) is 3.57. The SMILES string of the molecule is CC[C@@H](N[C@@H](C)CC(N)=O)c1ccc(Cl)c(Oc2ccc(CC(C)=O)nc2)c1Cl. The molecule has 2 aromatic rings. The number of nitrogens with one attached hydrogen (secondary N) is 1. The lowest BCUT2D eigenvalue weighted by Gasteiger charge is -2.24. The Kier molecular flexibility index (Phi) is 8.44. The topological polar surface area (TPSA) is 94.3 Å². The van der Waals surface area contributed by atoms with E-state index in [1.807, 2.05) is 19.9 Å². The zero-order valence-corrected chi connectivity index (χ0v) is 18.2. The molecule has 0 spiro atoms. The molecule has 0 aliphatic carbocycles. The number of carbonyl (C=O) groups excluding carboxylic acids is 2. The Hall–Kier alpha value is -2.15. The fourth-order valence-electron chi connectivity index (χ4n) is 2.99. The Morgan fingerprint density at radius 2 is 1.97 bits per heavy atom. The summed E-state index contributed by atoms with van der Waals surface area (Å²) in [4.78, 5) is 26.6. The number of rotatable bonds is 10. The molecule has 156 valence electrons. The number of aromatic nitrogens is 1. The van der Waals surface area contributed by atoms with Gasteiger partial charge in [0.1, 0.15) is 11.5 Å². The van der Waals surface area contributed by atoms with Gasteiger partial charge in [-0.15, -0.1) is 0 Å². The van der Waals surface area contributed by atoms with Gasteiger partial charge >= 0.3 is 0 Å². The molecule has 0 unspecified atom stereocenters. The monoisotopic (exact) mass is 437 g/mol. The van der Waals surface area contributed by atoms with Crippen LogP contribution in [0.3, 0.4) is 0 Å². The summed E-state index contributed by atoms with van der Waals surface area (Å²) >= 11 is 12.9. The number of primary amides is 1. The van der Waals surface area contributed by atoms with Crippen molar-refractivity contribution in [2.24, 2.45) is 5.73 Å². The number of ether oxygens (including phenoxy) is 1. The standard InChI is InChI=1S/C21H25Cl2N3O3/c1-4-18(26-12(2)9-19(24)28)16-7-8-17(22)21(20(16)23)29-15-6-5-14(25-11-15)10-13(3)27/h5-8,11-12,18,26H,4,9-10H2,1-3H3,(H2,24,28)/t12-,18+/m0/s1. The van der Waals surface area contributed by atoms with Crippen LogP contribution in [0, 0.1) is 0 Å². The van der Waals surface area contributed by atoms with Gasteiger partial charge < -0.3 is 15.8 Å². The van der Waals surface area contributed by atoms with Gasteiger partial charge in [-0.05, 0) is 44.0 Å². The Morgan fingerprint density at radius 3 is 2.52 bits per heavy atom. The number of amides is 1. The van der Waals surface area contributed by atoms with Crippen LogP contribution in [-0.2, 0) is 16.0 Å². The van der Waals surface area contributed by atoms with E-state index in [2.05, 4.69) is 10.3 Å². The maximum absolute atomic E-state index is 11.2. The first kappa shape index (κ1) is 23.1. The predicted molar refractivity (Wildman–Crippen MR) is 115 cm³/mol. The molecule has 0 saturated heterocycles. The van der Waals surface area contributed by atoms with Crippen LogP contribution in [0.1, 0.15) is 50.9 Å². The van der Waals surface area contributed by atoms with E-state index >= 15 is 0 Å². The van der Waals surface area contributed by atoms with Crippen molar-refractivity contribution in [3.05, 3.63) is 51.8 Å². The minimum atomic E-state index is -0.369. The second-order valence-electron chi connectivity index (χ2n) is 6.94. The number of pyridine rings is 1. The average Bonchev–Trinajstić information content (AvgIpc) is 2.64. The highest BCUT2D eigenvalue weighted by Gasteiger charge is 2.21. The summed E-state index contributed by atoms with van der Waals surface area (Å²) in [7, 11) is 0. The van der Waals surface area contributed by atoms with Crippen molar-refractivity contribution in [3.63, 3.8) is 0 Å². The van der Waals surface area contributed by atoms with Crippen molar-refractivity contribution in [1.82, 2.24) is 10.3 Å².